The van der Waals surface area contributed by atoms with E-state index >= 15 is 0 Å². The first-order valence-corrected chi connectivity index (χ1v) is 7.91. The van der Waals surface area contributed by atoms with E-state index in [9.17, 15) is 8.42 Å². The zero-order valence-corrected chi connectivity index (χ0v) is 11.2. The number of hydrogen-bond donors (Lipinski definition) is 2. The normalized spacial score (nSPS) is 31.6. The van der Waals surface area contributed by atoms with Crippen molar-refractivity contribution in [3.8, 4) is 0 Å². The fourth-order valence-electron chi connectivity index (χ4n) is 2.37. The van der Waals surface area contributed by atoms with Crippen LogP contribution in [0.15, 0.2) is 0 Å². The first kappa shape index (κ1) is 13.3. The van der Waals surface area contributed by atoms with Crippen molar-refractivity contribution in [1.82, 2.24) is 9.03 Å². The molecule has 0 spiro atoms. The quantitative estimate of drug-likeness (QED) is 0.739. The van der Waals surface area contributed by atoms with Crippen LogP contribution in [0.2, 0.25) is 0 Å². The maximum absolute atomic E-state index is 12.0. The lowest BCUT2D eigenvalue weighted by Crippen LogP contribution is -2.46. The van der Waals surface area contributed by atoms with E-state index in [-0.39, 0.29) is 0 Å². The van der Waals surface area contributed by atoms with Crippen molar-refractivity contribution in [3.05, 3.63) is 0 Å². The predicted octanol–water partition coefficient (Wildman–Crippen LogP) is 0.148. The molecule has 5 nitrogen and oxygen atoms in total. The number of nitrogens with zero attached hydrogens (tertiary/aromatic N) is 1. The monoisotopic (exact) mass is 261 g/mol. The van der Waals surface area contributed by atoms with Crippen LogP contribution >= 0.6 is 0 Å². The van der Waals surface area contributed by atoms with Crippen molar-refractivity contribution in [2.75, 3.05) is 26.2 Å². The smallest absolute Gasteiger partial charge is 0.279 e. The van der Waals surface area contributed by atoms with Crippen LogP contribution in [0.4, 0.5) is 0 Å². The van der Waals surface area contributed by atoms with Crippen LogP contribution in [0.3, 0.4) is 0 Å². The van der Waals surface area contributed by atoms with Crippen molar-refractivity contribution in [2.24, 2.45) is 23.5 Å². The zero-order valence-electron chi connectivity index (χ0n) is 10.4. The van der Waals surface area contributed by atoms with Crippen LogP contribution < -0.4 is 10.5 Å². The summed E-state index contributed by atoms with van der Waals surface area (Å²) >= 11 is 0. The lowest BCUT2D eigenvalue weighted by molar-refractivity contribution is 0.275. The van der Waals surface area contributed by atoms with E-state index < -0.39 is 10.2 Å². The SMILES string of the molecule is CC1CC1CNS(=O)(=O)N1CCC(CN)CC1. The molecule has 3 N–H and O–H groups in total. The largest absolute Gasteiger partial charge is 0.330 e. The van der Waals surface area contributed by atoms with E-state index in [1.54, 1.807) is 4.31 Å². The van der Waals surface area contributed by atoms with E-state index in [4.69, 9.17) is 5.73 Å². The average Bonchev–Trinajstić information content (AvgIpc) is 3.03. The molecule has 17 heavy (non-hydrogen) atoms. The Morgan fingerprint density at radius 2 is 1.94 bits per heavy atom. The first-order valence-electron chi connectivity index (χ1n) is 6.47. The molecule has 1 saturated carbocycles. The lowest BCUT2D eigenvalue weighted by atomic mass is 9.99. The van der Waals surface area contributed by atoms with Crippen LogP contribution in [0.5, 0.6) is 0 Å². The molecule has 0 radical (unpaired) electrons. The summed E-state index contributed by atoms with van der Waals surface area (Å²) in [4.78, 5) is 0. The lowest BCUT2D eigenvalue weighted by Gasteiger charge is -2.30. The highest BCUT2D eigenvalue weighted by Crippen LogP contribution is 2.37. The number of nitrogens with two attached hydrogens (primary N) is 1. The molecule has 2 rings (SSSR count). The Labute approximate surface area is 104 Å². The molecule has 0 amide bonds. The molecule has 1 aliphatic carbocycles. The van der Waals surface area contributed by atoms with Crippen LogP contribution in [0, 0.1) is 17.8 Å². The third kappa shape index (κ3) is 3.40. The van der Waals surface area contributed by atoms with Gasteiger partial charge in [0.25, 0.3) is 10.2 Å². The molecule has 2 fully saturated rings. The molecule has 100 valence electrons. The van der Waals surface area contributed by atoms with Gasteiger partial charge in [-0.3, -0.25) is 0 Å². The van der Waals surface area contributed by atoms with Gasteiger partial charge in [-0.15, -0.1) is 0 Å². The van der Waals surface area contributed by atoms with Gasteiger partial charge in [0.05, 0.1) is 0 Å². The maximum Gasteiger partial charge on any atom is 0.279 e. The number of nitrogens with one attached hydrogen (secondary N) is 1. The van der Waals surface area contributed by atoms with Gasteiger partial charge in [0.15, 0.2) is 0 Å². The Morgan fingerprint density at radius 3 is 2.41 bits per heavy atom. The maximum atomic E-state index is 12.0. The summed E-state index contributed by atoms with van der Waals surface area (Å²) < 4.78 is 28.3. The molecule has 1 aliphatic heterocycles. The minimum atomic E-state index is -3.25. The Hall–Kier alpha value is -0.170. The topological polar surface area (TPSA) is 75.4 Å². The second-order valence-electron chi connectivity index (χ2n) is 5.40. The summed E-state index contributed by atoms with van der Waals surface area (Å²) in [6.45, 7) is 4.64. The summed E-state index contributed by atoms with van der Waals surface area (Å²) in [6.07, 6.45) is 2.92. The minimum Gasteiger partial charge on any atom is -0.330 e. The van der Waals surface area contributed by atoms with Gasteiger partial charge in [-0.1, -0.05) is 6.92 Å². The van der Waals surface area contributed by atoms with Crippen molar-refractivity contribution < 1.29 is 8.42 Å². The molecule has 2 unspecified atom stereocenters. The summed E-state index contributed by atoms with van der Waals surface area (Å²) in [6, 6.07) is 0. The van der Waals surface area contributed by atoms with Gasteiger partial charge in [-0.2, -0.15) is 12.7 Å². The van der Waals surface area contributed by atoms with E-state index in [2.05, 4.69) is 11.6 Å². The van der Waals surface area contributed by atoms with E-state index in [1.807, 2.05) is 0 Å². The van der Waals surface area contributed by atoms with E-state index in [0.717, 1.165) is 19.3 Å². The van der Waals surface area contributed by atoms with Crippen LogP contribution in [-0.4, -0.2) is 38.9 Å². The highest BCUT2D eigenvalue weighted by atomic mass is 32.2. The van der Waals surface area contributed by atoms with Crippen LogP contribution in [-0.2, 0) is 10.2 Å². The van der Waals surface area contributed by atoms with Crippen molar-refractivity contribution in [2.45, 2.75) is 26.2 Å². The molecule has 0 aromatic carbocycles. The molecular weight excluding hydrogens is 238 g/mol. The van der Waals surface area contributed by atoms with Gasteiger partial charge in [0.1, 0.15) is 0 Å². The van der Waals surface area contributed by atoms with Crippen molar-refractivity contribution in [3.63, 3.8) is 0 Å². The molecular formula is C11H23N3O2S. The van der Waals surface area contributed by atoms with Gasteiger partial charge in [0, 0.05) is 19.6 Å². The molecule has 2 atom stereocenters. The van der Waals surface area contributed by atoms with Crippen LogP contribution in [0.1, 0.15) is 26.2 Å². The molecule has 1 saturated heterocycles. The Bertz CT molecular complexity index is 350. The summed E-state index contributed by atoms with van der Waals surface area (Å²) in [5.41, 5.74) is 5.60. The summed E-state index contributed by atoms with van der Waals surface area (Å²) in [5, 5.41) is 0. The summed E-state index contributed by atoms with van der Waals surface area (Å²) in [7, 11) is -3.25. The predicted molar refractivity (Wildman–Crippen MR) is 67.5 cm³/mol. The standard InChI is InChI=1S/C11H23N3O2S/c1-9-6-11(9)8-13-17(15,16)14-4-2-10(7-12)3-5-14/h9-11,13H,2-8,12H2,1H3. The fraction of sp³-hybridized carbons (Fsp3) is 1.00. The van der Waals surface area contributed by atoms with Gasteiger partial charge in [-0.05, 0) is 43.6 Å². The van der Waals surface area contributed by atoms with Gasteiger partial charge in [-0.25, -0.2) is 4.72 Å². The van der Waals surface area contributed by atoms with Gasteiger partial charge in [0.2, 0.25) is 0 Å². The number of hydrogen-bond acceptors (Lipinski definition) is 3. The Balaban J connectivity index is 1.79. The van der Waals surface area contributed by atoms with E-state index in [0.29, 0.717) is 43.9 Å². The van der Waals surface area contributed by atoms with Crippen molar-refractivity contribution in [1.29, 1.82) is 0 Å². The number of piperidine rings is 1. The molecule has 0 aromatic rings. The van der Waals surface area contributed by atoms with Gasteiger partial charge < -0.3 is 5.73 Å². The van der Waals surface area contributed by atoms with Crippen LogP contribution in [0.25, 0.3) is 0 Å². The minimum absolute atomic E-state index is 0.491. The molecule has 1 heterocycles. The number of rotatable bonds is 5. The third-order valence-electron chi connectivity index (χ3n) is 4.05. The highest BCUT2D eigenvalue weighted by molar-refractivity contribution is 7.87. The fourth-order valence-corrected chi connectivity index (χ4v) is 3.67. The third-order valence-corrected chi connectivity index (χ3v) is 5.63. The summed E-state index contributed by atoms with van der Waals surface area (Å²) in [5.74, 6) is 1.72. The van der Waals surface area contributed by atoms with Crippen molar-refractivity contribution >= 4 is 10.2 Å². The second-order valence-corrected chi connectivity index (χ2v) is 7.16. The van der Waals surface area contributed by atoms with E-state index in [1.165, 1.54) is 0 Å². The molecule has 0 aromatic heterocycles. The average molecular weight is 261 g/mol. The molecule has 2 aliphatic rings. The Morgan fingerprint density at radius 1 is 1.35 bits per heavy atom. The Kier molecular flexibility index (Phi) is 4.07. The zero-order chi connectivity index (χ0) is 12.5. The molecule has 0 bridgehead atoms. The second kappa shape index (κ2) is 5.22. The van der Waals surface area contributed by atoms with Gasteiger partial charge >= 0.3 is 0 Å². The first-order chi connectivity index (χ1) is 8.03. The highest BCUT2D eigenvalue weighted by Gasteiger charge is 2.34. The molecule has 6 heteroatoms.